The third kappa shape index (κ3) is 4.65. The van der Waals surface area contributed by atoms with E-state index in [1.807, 2.05) is 24.5 Å². The molecule has 12 heteroatoms. The van der Waals surface area contributed by atoms with Gasteiger partial charge in [0.25, 0.3) is 0 Å². The Morgan fingerprint density at radius 1 is 1.08 bits per heavy atom. The van der Waals surface area contributed by atoms with Crippen LogP contribution in [0.2, 0.25) is 0 Å². The molecule has 136 valence electrons. The van der Waals surface area contributed by atoms with Gasteiger partial charge in [0.1, 0.15) is 6.04 Å². The van der Waals surface area contributed by atoms with Crippen LogP contribution >= 0.6 is 0 Å². The van der Waals surface area contributed by atoms with Crippen LogP contribution in [0.3, 0.4) is 0 Å². The van der Waals surface area contributed by atoms with Crippen LogP contribution in [-0.4, -0.2) is 52.2 Å². The van der Waals surface area contributed by atoms with Gasteiger partial charge in [-0.3, -0.25) is 20.7 Å². The first-order valence-electron chi connectivity index (χ1n) is 7.74. The summed E-state index contributed by atoms with van der Waals surface area (Å²) in [6.45, 7) is 3.68. The number of carbonyl (C=O) groups excluding carboxylic acids is 4. The van der Waals surface area contributed by atoms with E-state index in [4.69, 9.17) is 4.42 Å². The molecule has 1 aromatic rings. The summed E-state index contributed by atoms with van der Waals surface area (Å²) >= 11 is 0. The van der Waals surface area contributed by atoms with Gasteiger partial charge in [-0.05, 0) is 12.8 Å². The van der Waals surface area contributed by atoms with Gasteiger partial charge in [-0.25, -0.2) is 14.4 Å². The molecule has 7 amide bonds. The Hall–Kier alpha value is -3.18. The number of carbonyl (C=O) groups is 4. The summed E-state index contributed by atoms with van der Waals surface area (Å²) in [5.41, 5.74) is 0. The summed E-state index contributed by atoms with van der Waals surface area (Å²) in [7, 11) is 0. The van der Waals surface area contributed by atoms with Crippen molar-refractivity contribution in [1.29, 1.82) is 0 Å². The average Bonchev–Trinajstić information content (AvgIpc) is 2.99. The van der Waals surface area contributed by atoms with Crippen molar-refractivity contribution in [3.63, 3.8) is 0 Å². The molecule has 25 heavy (non-hydrogen) atoms. The standard InChI is InChI=1S/C13H19N7O5/c1-3-5-20-7(4-2)9-18-19-12(25-9)17-11(23)16-10(22)15-8(21)6-14-13(20)24/h7H,3-6H2,1-2H3,(H,14,24)(H3,15,16,17,19,21,22,23). The smallest absolute Gasteiger partial charge is 0.330 e. The molecule has 1 unspecified atom stereocenters. The van der Waals surface area contributed by atoms with E-state index in [-0.39, 0.29) is 11.9 Å². The number of urea groups is 3. The molecule has 0 aliphatic carbocycles. The molecule has 0 fully saturated rings. The van der Waals surface area contributed by atoms with Crippen molar-refractivity contribution in [2.45, 2.75) is 32.7 Å². The van der Waals surface area contributed by atoms with Crippen molar-refractivity contribution in [3.05, 3.63) is 5.89 Å². The Morgan fingerprint density at radius 2 is 1.80 bits per heavy atom. The van der Waals surface area contributed by atoms with Crippen LogP contribution in [0.1, 0.15) is 38.6 Å². The number of fused-ring (bicyclic) bond motifs is 2. The zero-order valence-corrected chi connectivity index (χ0v) is 13.8. The maximum absolute atomic E-state index is 12.4. The molecular formula is C13H19N7O5. The molecule has 0 saturated carbocycles. The van der Waals surface area contributed by atoms with Crippen LogP contribution in [0, 0.1) is 0 Å². The van der Waals surface area contributed by atoms with Crippen molar-refractivity contribution >= 4 is 30.0 Å². The summed E-state index contributed by atoms with van der Waals surface area (Å²) in [5.74, 6) is -0.636. The first kappa shape index (κ1) is 18.2. The number of nitrogens with zero attached hydrogens (tertiary/aromatic N) is 3. The lowest BCUT2D eigenvalue weighted by Gasteiger charge is -2.28. The van der Waals surface area contributed by atoms with E-state index in [1.165, 1.54) is 4.90 Å². The largest absolute Gasteiger partial charge is 0.405 e. The summed E-state index contributed by atoms with van der Waals surface area (Å²) in [4.78, 5) is 48.7. The van der Waals surface area contributed by atoms with Gasteiger partial charge in [-0.15, -0.1) is 5.10 Å². The minimum atomic E-state index is -1.05. The van der Waals surface area contributed by atoms with E-state index in [9.17, 15) is 19.2 Å². The number of aromatic nitrogens is 2. The van der Waals surface area contributed by atoms with Gasteiger partial charge in [-0.2, -0.15) is 0 Å². The maximum Gasteiger partial charge on any atom is 0.330 e. The van der Waals surface area contributed by atoms with Crippen molar-refractivity contribution in [2.24, 2.45) is 0 Å². The lowest BCUT2D eigenvalue weighted by Crippen LogP contribution is -2.50. The Balaban J connectivity index is 2.33. The van der Waals surface area contributed by atoms with Crippen LogP contribution in [0.5, 0.6) is 0 Å². The quantitative estimate of drug-likeness (QED) is 0.608. The number of nitrogens with one attached hydrogen (secondary N) is 4. The van der Waals surface area contributed by atoms with E-state index in [1.54, 1.807) is 0 Å². The van der Waals surface area contributed by atoms with Gasteiger partial charge in [0, 0.05) is 6.54 Å². The molecule has 4 N–H and O–H groups in total. The first-order valence-corrected chi connectivity index (χ1v) is 7.74. The van der Waals surface area contributed by atoms with Gasteiger partial charge in [-0.1, -0.05) is 18.9 Å². The van der Waals surface area contributed by atoms with E-state index >= 15 is 0 Å². The first-order chi connectivity index (χ1) is 11.9. The van der Waals surface area contributed by atoms with Gasteiger partial charge in [0.15, 0.2) is 0 Å². The highest BCUT2D eigenvalue weighted by molar-refractivity contribution is 6.05. The second-order valence-electron chi connectivity index (χ2n) is 5.18. The summed E-state index contributed by atoms with van der Waals surface area (Å²) in [6, 6.07) is -3.27. The summed E-state index contributed by atoms with van der Waals surface area (Å²) in [6.07, 6.45) is 1.14. The van der Waals surface area contributed by atoms with Crippen molar-refractivity contribution in [1.82, 2.24) is 31.0 Å². The van der Waals surface area contributed by atoms with Gasteiger partial charge < -0.3 is 14.6 Å². The van der Waals surface area contributed by atoms with Gasteiger partial charge in [0.05, 0.1) is 6.54 Å². The molecular weight excluding hydrogens is 334 g/mol. The second-order valence-corrected chi connectivity index (χ2v) is 5.18. The van der Waals surface area contributed by atoms with Crippen molar-refractivity contribution < 1.29 is 23.6 Å². The second kappa shape index (κ2) is 8.08. The monoisotopic (exact) mass is 353 g/mol. The number of anilines is 1. The molecule has 0 spiro atoms. The zero-order valence-electron chi connectivity index (χ0n) is 13.8. The fourth-order valence-corrected chi connectivity index (χ4v) is 2.28. The zero-order chi connectivity index (χ0) is 18.4. The molecule has 1 atom stereocenters. The summed E-state index contributed by atoms with van der Waals surface area (Å²) in [5, 5.41) is 15.9. The Labute approximate surface area is 142 Å². The topological polar surface area (TPSA) is 159 Å². The fraction of sp³-hybridized carbons (Fsp3) is 0.538. The summed E-state index contributed by atoms with van der Waals surface area (Å²) < 4.78 is 5.37. The van der Waals surface area contributed by atoms with E-state index in [2.05, 4.69) is 20.8 Å². The number of hydrogen-bond acceptors (Lipinski definition) is 7. The lowest BCUT2D eigenvalue weighted by molar-refractivity contribution is -0.119. The third-order valence-corrected chi connectivity index (χ3v) is 3.31. The average molecular weight is 353 g/mol. The molecule has 2 rings (SSSR count). The van der Waals surface area contributed by atoms with Gasteiger partial charge >= 0.3 is 24.1 Å². The van der Waals surface area contributed by atoms with Gasteiger partial charge in [0.2, 0.25) is 11.8 Å². The normalized spacial score (nSPS) is 19.4. The van der Waals surface area contributed by atoms with Crippen molar-refractivity contribution in [3.8, 4) is 0 Å². The molecule has 0 aromatic carbocycles. The highest BCUT2D eigenvalue weighted by Crippen LogP contribution is 2.24. The Bertz CT molecular complexity index is 673. The number of imide groups is 2. The van der Waals surface area contributed by atoms with Crippen LogP contribution in [0.15, 0.2) is 4.42 Å². The van der Waals surface area contributed by atoms with Crippen LogP contribution < -0.4 is 21.3 Å². The molecule has 1 aliphatic heterocycles. The molecule has 12 nitrogen and oxygen atoms in total. The molecule has 2 heterocycles. The minimum absolute atomic E-state index is 0.134. The van der Waals surface area contributed by atoms with Crippen LogP contribution in [-0.2, 0) is 4.79 Å². The Morgan fingerprint density at radius 3 is 2.48 bits per heavy atom. The van der Waals surface area contributed by atoms with E-state index in [0.717, 1.165) is 0 Å². The van der Waals surface area contributed by atoms with Crippen molar-refractivity contribution in [2.75, 3.05) is 18.4 Å². The molecule has 2 bridgehead atoms. The highest BCUT2D eigenvalue weighted by atomic mass is 16.4. The van der Waals surface area contributed by atoms with E-state index in [0.29, 0.717) is 19.4 Å². The predicted molar refractivity (Wildman–Crippen MR) is 83.4 cm³/mol. The number of rotatable bonds is 3. The number of amides is 7. The SMILES string of the molecule is CCCN1C(=O)NCC(=O)NC(=O)NC(=O)Nc2nnc(o2)C1CC. The predicted octanol–water partition coefficient (Wildman–Crippen LogP) is 0.314. The Kier molecular flexibility index (Phi) is 5.87. The van der Waals surface area contributed by atoms with Crippen LogP contribution in [0.25, 0.3) is 0 Å². The molecule has 0 radical (unpaired) electrons. The minimum Gasteiger partial charge on any atom is -0.405 e. The fourth-order valence-electron chi connectivity index (χ4n) is 2.28. The highest BCUT2D eigenvalue weighted by Gasteiger charge is 2.29. The third-order valence-electron chi connectivity index (χ3n) is 3.31. The van der Waals surface area contributed by atoms with E-state index < -0.39 is 36.6 Å². The molecule has 1 aromatic heterocycles. The number of hydrogen-bond donors (Lipinski definition) is 4. The molecule has 0 saturated heterocycles. The lowest BCUT2D eigenvalue weighted by atomic mass is 10.2. The molecule has 1 aliphatic rings. The maximum atomic E-state index is 12.4. The van der Waals surface area contributed by atoms with Crippen LogP contribution in [0.4, 0.5) is 20.4 Å².